The third-order valence-corrected chi connectivity index (χ3v) is 16.6. The molecule has 28 heavy (non-hydrogen) atoms. The fourth-order valence-electron chi connectivity index (χ4n) is 7.98. The van der Waals surface area contributed by atoms with Crippen LogP contribution in [0.5, 0.6) is 0 Å². The summed E-state index contributed by atoms with van der Waals surface area (Å²) in [5.41, 5.74) is 2.92. The van der Waals surface area contributed by atoms with Crippen molar-refractivity contribution >= 4 is 14.0 Å². The van der Waals surface area contributed by atoms with Crippen molar-refractivity contribution in [3.05, 3.63) is 0 Å². The Morgan fingerprint density at radius 1 is 0.714 bits per heavy atom. The SMILES string of the molecule is COC(=O)[C@H]1CCO[C@@H]1[Si](C1CCCCC1)(C1CCCCC1)C1CCCCC1. The second-order valence-corrected chi connectivity index (χ2v) is 15.2. The first kappa shape index (κ1) is 20.9. The lowest BCUT2D eigenvalue weighted by atomic mass is 9.98. The van der Waals surface area contributed by atoms with E-state index in [2.05, 4.69) is 0 Å². The van der Waals surface area contributed by atoms with Crippen LogP contribution in [0, 0.1) is 5.92 Å². The molecule has 3 saturated carbocycles. The summed E-state index contributed by atoms with van der Waals surface area (Å²) in [5, 5.41) is 0. The predicted octanol–water partition coefficient (Wildman–Crippen LogP) is 6.56. The van der Waals surface area contributed by atoms with Gasteiger partial charge in [0.2, 0.25) is 0 Å². The van der Waals surface area contributed by atoms with E-state index >= 15 is 0 Å². The quantitative estimate of drug-likeness (QED) is 0.383. The smallest absolute Gasteiger partial charge is 0.311 e. The standard InChI is InChI=1S/C24H42O3Si/c1-26-23(25)22-17-18-27-24(22)28(19-11-5-2-6-12-19,20-13-7-3-8-14-20)21-15-9-4-10-16-21/h19-22,24H,2-18H2,1H3/t22-,24-/m1/s1. The first-order chi connectivity index (χ1) is 13.8. The molecular weight excluding hydrogens is 364 g/mol. The molecule has 0 unspecified atom stereocenters. The summed E-state index contributed by atoms with van der Waals surface area (Å²) in [5.74, 6) is 0.0595. The molecular formula is C24H42O3Si. The van der Waals surface area contributed by atoms with Gasteiger partial charge in [-0.2, -0.15) is 0 Å². The van der Waals surface area contributed by atoms with Gasteiger partial charge in [0.15, 0.2) is 0 Å². The van der Waals surface area contributed by atoms with Gasteiger partial charge in [0.25, 0.3) is 0 Å². The van der Waals surface area contributed by atoms with Crippen LogP contribution in [-0.4, -0.2) is 33.5 Å². The molecule has 4 heteroatoms. The molecule has 1 saturated heterocycles. The van der Waals surface area contributed by atoms with Crippen molar-refractivity contribution in [2.45, 2.75) is 125 Å². The van der Waals surface area contributed by atoms with Crippen LogP contribution in [0.15, 0.2) is 0 Å². The summed E-state index contributed by atoms with van der Waals surface area (Å²) in [4.78, 5) is 12.8. The molecule has 0 bridgehead atoms. The van der Waals surface area contributed by atoms with Crippen molar-refractivity contribution in [1.29, 1.82) is 0 Å². The average molecular weight is 407 g/mol. The summed E-state index contributed by atoms with van der Waals surface area (Å²) in [6, 6.07) is 0. The second-order valence-electron chi connectivity index (χ2n) is 10.2. The zero-order valence-corrected chi connectivity index (χ0v) is 19.1. The lowest BCUT2D eigenvalue weighted by molar-refractivity contribution is -0.146. The highest BCUT2D eigenvalue weighted by Crippen LogP contribution is 2.60. The average Bonchev–Trinajstić information content (AvgIpc) is 3.26. The fraction of sp³-hybridized carbons (Fsp3) is 0.958. The number of rotatable bonds is 5. The maximum Gasteiger partial charge on any atom is 0.311 e. The van der Waals surface area contributed by atoms with Crippen LogP contribution in [0.25, 0.3) is 0 Å². The molecule has 4 rings (SSSR count). The normalized spacial score (nSPS) is 31.8. The van der Waals surface area contributed by atoms with E-state index in [1.54, 1.807) is 7.11 Å². The van der Waals surface area contributed by atoms with Gasteiger partial charge in [0.05, 0.1) is 26.8 Å². The highest BCUT2D eigenvalue weighted by molar-refractivity contribution is 6.85. The predicted molar refractivity (Wildman–Crippen MR) is 116 cm³/mol. The lowest BCUT2D eigenvalue weighted by Gasteiger charge is -2.56. The van der Waals surface area contributed by atoms with Crippen molar-refractivity contribution in [3.63, 3.8) is 0 Å². The number of ether oxygens (including phenoxy) is 2. The van der Waals surface area contributed by atoms with E-state index < -0.39 is 8.07 Å². The molecule has 1 aliphatic heterocycles. The minimum atomic E-state index is -1.83. The molecule has 2 atom stereocenters. The van der Waals surface area contributed by atoms with Gasteiger partial charge in [-0.1, -0.05) is 96.3 Å². The highest BCUT2D eigenvalue weighted by Gasteiger charge is 2.61. The van der Waals surface area contributed by atoms with Crippen molar-refractivity contribution in [2.24, 2.45) is 5.92 Å². The Hall–Kier alpha value is -0.353. The van der Waals surface area contributed by atoms with Crippen LogP contribution in [0.2, 0.25) is 16.6 Å². The van der Waals surface area contributed by atoms with Gasteiger partial charge in [0.1, 0.15) is 0 Å². The van der Waals surface area contributed by atoms with Crippen molar-refractivity contribution < 1.29 is 14.3 Å². The van der Waals surface area contributed by atoms with E-state index in [0.717, 1.165) is 29.7 Å². The first-order valence-corrected chi connectivity index (χ1v) is 14.8. The Labute approximate surface area is 173 Å². The molecule has 0 aromatic heterocycles. The van der Waals surface area contributed by atoms with Crippen LogP contribution >= 0.6 is 0 Å². The topological polar surface area (TPSA) is 35.5 Å². The maximum atomic E-state index is 12.8. The van der Waals surface area contributed by atoms with E-state index in [4.69, 9.17) is 9.47 Å². The number of hydrogen-bond donors (Lipinski definition) is 0. The zero-order valence-electron chi connectivity index (χ0n) is 18.1. The molecule has 0 N–H and O–H groups in total. The lowest BCUT2D eigenvalue weighted by Crippen LogP contribution is -2.62. The molecule has 160 valence electrons. The number of hydrogen-bond acceptors (Lipinski definition) is 3. The molecule has 3 nitrogen and oxygen atoms in total. The van der Waals surface area contributed by atoms with Crippen molar-refractivity contribution in [1.82, 2.24) is 0 Å². The molecule has 0 radical (unpaired) electrons. The van der Waals surface area contributed by atoms with E-state index in [0.29, 0.717) is 0 Å². The first-order valence-electron chi connectivity index (χ1n) is 12.5. The van der Waals surface area contributed by atoms with E-state index in [9.17, 15) is 4.79 Å². The Kier molecular flexibility index (Phi) is 7.19. The van der Waals surface area contributed by atoms with E-state index in [1.165, 1.54) is 96.3 Å². The van der Waals surface area contributed by atoms with Crippen LogP contribution < -0.4 is 0 Å². The van der Waals surface area contributed by atoms with Gasteiger partial charge < -0.3 is 9.47 Å². The summed E-state index contributed by atoms with van der Waals surface area (Å²) >= 11 is 0. The van der Waals surface area contributed by atoms with E-state index in [-0.39, 0.29) is 17.6 Å². The molecule has 0 spiro atoms. The fourth-order valence-corrected chi connectivity index (χ4v) is 17.0. The third kappa shape index (κ3) is 3.85. The van der Waals surface area contributed by atoms with Gasteiger partial charge in [-0.25, -0.2) is 0 Å². The van der Waals surface area contributed by atoms with Gasteiger partial charge in [0, 0.05) is 6.61 Å². The highest BCUT2D eigenvalue weighted by atomic mass is 28.3. The van der Waals surface area contributed by atoms with Gasteiger partial charge in [-0.3, -0.25) is 4.79 Å². The Morgan fingerprint density at radius 2 is 1.14 bits per heavy atom. The number of carbonyl (C=O) groups is 1. The number of methoxy groups -OCH3 is 1. The maximum absolute atomic E-state index is 12.8. The van der Waals surface area contributed by atoms with Crippen LogP contribution in [0.3, 0.4) is 0 Å². The molecule has 1 heterocycles. The third-order valence-electron chi connectivity index (χ3n) is 9.03. The van der Waals surface area contributed by atoms with Crippen molar-refractivity contribution in [2.75, 3.05) is 13.7 Å². The number of carbonyl (C=O) groups excluding carboxylic acids is 1. The Morgan fingerprint density at radius 3 is 1.54 bits per heavy atom. The van der Waals surface area contributed by atoms with E-state index in [1.807, 2.05) is 0 Å². The largest absolute Gasteiger partial charge is 0.469 e. The van der Waals surface area contributed by atoms with Gasteiger partial charge in [-0.05, 0) is 23.0 Å². The van der Waals surface area contributed by atoms with Gasteiger partial charge >= 0.3 is 5.97 Å². The minimum absolute atomic E-state index is 0.0294. The van der Waals surface area contributed by atoms with Gasteiger partial charge in [-0.15, -0.1) is 0 Å². The monoisotopic (exact) mass is 406 g/mol. The van der Waals surface area contributed by atoms with Crippen molar-refractivity contribution in [3.8, 4) is 0 Å². The minimum Gasteiger partial charge on any atom is -0.469 e. The Bertz CT molecular complexity index is 458. The van der Waals surface area contributed by atoms with Crippen LogP contribution in [0.4, 0.5) is 0 Å². The molecule has 4 aliphatic rings. The summed E-state index contributed by atoms with van der Waals surface area (Å²) in [7, 11) is -0.239. The summed E-state index contributed by atoms with van der Waals surface area (Å²) in [6.45, 7) is 0.783. The number of esters is 1. The van der Waals surface area contributed by atoms with Crippen LogP contribution in [0.1, 0.15) is 103 Å². The van der Waals surface area contributed by atoms with Crippen LogP contribution in [-0.2, 0) is 14.3 Å². The molecule has 0 aromatic carbocycles. The molecule has 4 fully saturated rings. The second kappa shape index (κ2) is 9.64. The Balaban J connectivity index is 1.77. The molecule has 3 aliphatic carbocycles. The summed E-state index contributed by atoms with van der Waals surface area (Å²) < 4.78 is 12.0. The summed E-state index contributed by atoms with van der Waals surface area (Å²) in [6.07, 6.45) is 22.2. The molecule has 0 amide bonds. The molecule has 0 aromatic rings. The zero-order chi connectivity index (χ0) is 19.4.